The Morgan fingerprint density at radius 3 is 2.65 bits per heavy atom. The Morgan fingerprint density at radius 1 is 1.19 bits per heavy atom. The molecular formula is C17H19N5O2S2. The van der Waals surface area contributed by atoms with Gasteiger partial charge in [-0.1, -0.05) is 31.2 Å². The Bertz CT molecular complexity index is 1000. The molecule has 9 heteroatoms. The van der Waals surface area contributed by atoms with E-state index in [-0.39, 0.29) is 17.5 Å². The predicted molar refractivity (Wildman–Crippen MR) is 99.3 cm³/mol. The van der Waals surface area contributed by atoms with E-state index in [2.05, 4.69) is 39.6 Å². The monoisotopic (exact) mass is 389 g/mol. The molecule has 0 N–H and O–H groups in total. The van der Waals surface area contributed by atoms with Crippen molar-refractivity contribution in [1.82, 2.24) is 25.2 Å². The number of tetrazole rings is 1. The normalized spacial score (nSPS) is 14.7. The van der Waals surface area contributed by atoms with Gasteiger partial charge in [0.15, 0.2) is 15.7 Å². The smallest absolute Gasteiger partial charge is 0.166 e. The molecule has 0 amide bonds. The molecule has 3 aromatic rings. The van der Waals surface area contributed by atoms with Crippen LogP contribution in [0.5, 0.6) is 0 Å². The van der Waals surface area contributed by atoms with E-state index in [1.54, 1.807) is 4.68 Å². The second-order valence-electron chi connectivity index (χ2n) is 6.50. The number of nitrogens with zero attached hydrogens (tertiary/aromatic N) is 5. The lowest BCUT2D eigenvalue weighted by atomic mass is 10.1. The maximum absolute atomic E-state index is 12.5. The van der Waals surface area contributed by atoms with Gasteiger partial charge in [-0.2, -0.15) is 0 Å². The molecule has 0 aliphatic heterocycles. The van der Waals surface area contributed by atoms with Crippen molar-refractivity contribution in [2.24, 2.45) is 0 Å². The molecule has 0 spiro atoms. The van der Waals surface area contributed by atoms with E-state index in [4.69, 9.17) is 0 Å². The molecule has 1 fully saturated rings. The van der Waals surface area contributed by atoms with Crippen molar-refractivity contribution in [3.63, 3.8) is 0 Å². The minimum atomic E-state index is -3.38. The van der Waals surface area contributed by atoms with Crippen LogP contribution in [0.2, 0.25) is 0 Å². The second kappa shape index (κ2) is 6.88. The molecule has 1 aromatic carbocycles. The first-order valence-corrected chi connectivity index (χ1v) is 11.2. The van der Waals surface area contributed by atoms with Gasteiger partial charge in [0, 0.05) is 10.9 Å². The van der Waals surface area contributed by atoms with E-state index >= 15 is 0 Å². The minimum absolute atomic E-state index is 0.103. The molecule has 2 heterocycles. The summed E-state index contributed by atoms with van der Waals surface area (Å²) in [6.45, 7) is 2.11. The van der Waals surface area contributed by atoms with E-state index in [1.165, 1.54) is 16.9 Å². The van der Waals surface area contributed by atoms with E-state index in [9.17, 15) is 8.42 Å². The molecule has 0 bridgehead atoms. The highest BCUT2D eigenvalue weighted by Gasteiger charge is 2.29. The fourth-order valence-corrected chi connectivity index (χ4v) is 4.99. The van der Waals surface area contributed by atoms with E-state index in [1.807, 2.05) is 17.5 Å². The summed E-state index contributed by atoms with van der Waals surface area (Å²) < 4.78 is 26.7. The molecule has 26 heavy (non-hydrogen) atoms. The largest absolute Gasteiger partial charge is 0.240 e. The standard InChI is InChI=1S/C17H19N5O2S2/c1-2-12-3-5-13(6-4-12)17-18-14(9-25-17)10-26(23,24)11-16-19-20-21-22(16)15-7-8-15/h3-6,9,15H,2,7-8,10-11H2,1H3. The third-order valence-corrected chi connectivity index (χ3v) is 6.71. The Balaban J connectivity index is 1.47. The van der Waals surface area contributed by atoms with Crippen LogP contribution in [0, 0.1) is 0 Å². The lowest BCUT2D eigenvalue weighted by Crippen LogP contribution is -2.13. The molecule has 4 rings (SSSR count). The molecule has 1 aliphatic rings. The van der Waals surface area contributed by atoms with Crippen LogP contribution < -0.4 is 0 Å². The van der Waals surface area contributed by atoms with Gasteiger partial charge in [-0.3, -0.25) is 0 Å². The van der Waals surface area contributed by atoms with Crippen LogP contribution >= 0.6 is 11.3 Å². The molecule has 1 aliphatic carbocycles. The maximum Gasteiger partial charge on any atom is 0.166 e. The van der Waals surface area contributed by atoms with Crippen molar-refractivity contribution in [2.45, 2.75) is 43.7 Å². The van der Waals surface area contributed by atoms with Crippen LogP contribution in [0.4, 0.5) is 0 Å². The van der Waals surface area contributed by atoms with Gasteiger partial charge >= 0.3 is 0 Å². The van der Waals surface area contributed by atoms with Gasteiger partial charge in [-0.05, 0) is 35.3 Å². The molecule has 7 nitrogen and oxygen atoms in total. The van der Waals surface area contributed by atoms with Crippen LogP contribution in [-0.4, -0.2) is 33.6 Å². The zero-order valence-corrected chi connectivity index (χ0v) is 16.0. The highest BCUT2D eigenvalue weighted by molar-refractivity contribution is 7.89. The summed E-state index contributed by atoms with van der Waals surface area (Å²) in [5, 5.41) is 14.0. The highest BCUT2D eigenvalue weighted by atomic mass is 32.2. The summed E-state index contributed by atoms with van der Waals surface area (Å²) in [7, 11) is -3.38. The van der Waals surface area contributed by atoms with Gasteiger partial charge in [0.05, 0.1) is 17.5 Å². The van der Waals surface area contributed by atoms with Gasteiger partial charge in [-0.25, -0.2) is 18.1 Å². The number of rotatable bonds is 7. The third-order valence-electron chi connectivity index (χ3n) is 4.33. The first-order chi connectivity index (χ1) is 12.5. The molecule has 0 saturated heterocycles. The first kappa shape index (κ1) is 17.3. The van der Waals surface area contributed by atoms with Crippen LogP contribution in [0.3, 0.4) is 0 Å². The summed E-state index contributed by atoms with van der Waals surface area (Å²) in [5.74, 6) is 0.154. The lowest BCUT2D eigenvalue weighted by molar-refractivity contribution is 0.573. The van der Waals surface area contributed by atoms with Crippen molar-refractivity contribution < 1.29 is 8.42 Å². The summed E-state index contributed by atoms with van der Waals surface area (Å²) in [6.07, 6.45) is 3.00. The zero-order chi connectivity index (χ0) is 18.1. The van der Waals surface area contributed by atoms with E-state index in [0.29, 0.717) is 11.5 Å². The second-order valence-corrected chi connectivity index (χ2v) is 9.42. The molecule has 0 radical (unpaired) electrons. The predicted octanol–water partition coefficient (Wildman–Crippen LogP) is 2.81. The Hall–Kier alpha value is -2.13. The van der Waals surface area contributed by atoms with E-state index in [0.717, 1.165) is 29.8 Å². The van der Waals surface area contributed by atoms with Crippen LogP contribution in [0.15, 0.2) is 29.6 Å². The quantitative estimate of drug-likeness (QED) is 0.617. The summed E-state index contributed by atoms with van der Waals surface area (Å²) in [5.41, 5.74) is 2.84. The van der Waals surface area contributed by atoms with Crippen molar-refractivity contribution in [3.05, 3.63) is 46.7 Å². The minimum Gasteiger partial charge on any atom is -0.240 e. The van der Waals surface area contributed by atoms with Crippen molar-refractivity contribution in [2.75, 3.05) is 0 Å². The van der Waals surface area contributed by atoms with Gasteiger partial charge in [0.2, 0.25) is 0 Å². The van der Waals surface area contributed by atoms with Gasteiger partial charge in [0.25, 0.3) is 0 Å². The molecule has 0 atom stereocenters. The summed E-state index contributed by atoms with van der Waals surface area (Å²) in [6, 6.07) is 8.46. The number of sulfone groups is 1. The van der Waals surface area contributed by atoms with Crippen molar-refractivity contribution in [1.29, 1.82) is 0 Å². The number of benzene rings is 1. The molecule has 1 saturated carbocycles. The highest BCUT2D eigenvalue weighted by Crippen LogP contribution is 2.34. The number of aromatic nitrogens is 5. The van der Waals surface area contributed by atoms with Crippen molar-refractivity contribution in [3.8, 4) is 10.6 Å². The number of hydrogen-bond acceptors (Lipinski definition) is 7. The molecular weight excluding hydrogens is 370 g/mol. The Labute approximate surface area is 156 Å². The fraction of sp³-hybridized carbons (Fsp3) is 0.412. The van der Waals surface area contributed by atoms with Gasteiger partial charge in [-0.15, -0.1) is 16.4 Å². The Morgan fingerprint density at radius 2 is 1.96 bits per heavy atom. The van der Waals surface area contributed by atoms with Crippen molar-refractivity contribution >= 4 is 21.2 Å². The topological polar surface area (TPSA) is 90.6 Å². The van der Waals surface area contributed by atoms with Gasteiger partial charge in [0.1, 0.15) is 10.8 Å². The number of hydrogen-bond donors (Lipinski definition) is 0. The first-order valence-electron chi connectivity index (χ1n) is 8.55. The Kier molecular flexibility index (Phi) is 4.58. The van der Waals surface area contributed by atoms with E-state index < -0.39 is 9.84 Å². The van der Waals surface area contributed by atoms with Crippen LogP contribution in [-0.2, 0) is 27.8 Å². The molecule has 2 aromatic heterocycles. The fourth-order valence-electron chi connectivity index (χ4n) is 2.77. The average Bonchev–Trinajstić information content (AvgIpc) is 3.20. The molecule has 136 valence electrons. The summed E-state index contributed by atoms with van der Waals surface area (Å²) in [4.78, 5) is 4.50. The third kappa shape index (κ3) is 3.83. The molecule has 0 unspecified atom stereocenters. The summed E-state index contributed by atoms with van der Waals surface area (Å²) >= 11 is 1.46. The van der Waals surface area contributed by atoms with Gasteiger partial charge < -0.3 is 0 Å². The van der Waals surface area contributed by atoms with Crippen LogP contribution in [0.1, 0.15) is 42.9 Å². The average molecular weight is 390 g/mol. The SMILES string of the molecule is CCc1ccc(-c2nc(CS(=O)(=O)Cc3nnnn3C3CC3)cs2)cc1. The lowest BCUT2D eigenvalue weighted by Gasteiger charge is -2.03. The van der Waals surface area contributed by atoms with Crippen LogP contribution in [0.25, 0.3) is 10.6 Å². The zero-order valence-electron chi connectivity index (χ0n) is 14.4. The maximum atomic E-state index is 12.5. The number of thiazole rings is 1. The number of aryl methyl sites for hydroxylation is 1.